The SMILES string of the molecule is COc1cccc(-c2cc(C3(C(=O)NCc4ccccc4OC(F)(F)F)CC3)no2)c1. The molecule has 31 heavy (non-hydrogen) atoms. The Kier molecular flexibility index (Phi) is 5.34. The van der Waals surface area contributed by atoms with Crippen molar-refractivity contribution in [1.82, 2.24) is 10.5 Å². The summed E-state index contributed by atoms with van der Waals surface area (Å²) in [6.45, 7) is -0.104. The molecule has 1 N–H and O–H groups in total. The summed E-state index contributed by atoms with van der Waals surface area (Å²) in [6, 6.07) is 14.7. The monoisotopic (exact) mass is 432 g/mol. The van der Waals surface area contributed by atoms with Gasteiger partial charge in [0.05, 0.1) is 18.2 Å². The number of amides is 1. The minimum absolute atomic E-state index is 0.104. The lowest BCUT2D eigenvalue weighted by Gasteiger charge is -2.15. The highest BCUT2D eigenvalue weighted by atomic mass is 19.4. The molecule has 1 aromatic heterocycles. The van der Waals surface area contributed by atoms with E-state index in [1.165, 1.54) is 18.2 Å². The molecule has 0 spiro atoms. The van der Waals surface area contributed by atoms with Gasteiger partial charge in [-0.2, -0.15) is 0 Å². The van der Waals surface area contributed by atoms with Crippen LogP contribution in [0.3, 0.4) is 0 Å². The van der Waals surface area contributed by atoms with Gasteiger partial charge in [0.25, 0.3) is 0 Å². The van der Waals surface area contributed by atoms with Gasteiger partial charge in [-0.1, -0.05) is 35.5 Å². The van der Waals surface area contributed by atoms with E-state index in [4.69, 9.17) is 9.26 Å². The van der Waals surface area contributed by atoms with Gasteiger partial charge in [-0.15, -0.1) is 13.2 Å². The number of nitrogens with zero attached hydrogens (tertiary/aromatic N) is 1. The van der Waals surface area contributed by atoms with Crippen molar-refractivity contribution in [2.45, 2.75) is 31.2 Å². The lowest BCUT2D eigenvalue weighted by atomic mass is 10.00. The van der Waals surface area contributed by atoms with E-state index in [0.717, 1.165) is 5.56 Å². The zero-order valence-electron chi connectivity index (χ0n) is 16.5. The van der Waals surface area contributed by atoms with E-state index in [1.807, 2.05) is 12.1 Å². The Morgan fingerprint density at radius 2 is 1.94 bits per heavy atom. The zero-order chi connectivity index (χ0) is 22.1. The molecule has 9 heteroatoms. The second-order valence-electron chi connectivity index (χ2n) is 7.23. The second kappa shape index (κ2) is 7.98. The third-order valence-electron chi connectivity index (χ3n) is 5.18. The van der Waals surface area contributed by atoms with E-state index in [2.05, 4.69) is 15.2 Å². The molecule has 0 aliphatic heterocycles. The summed E-state index contributed by atoms with van der Waals surface area (Å²) < 4.78 is 52.5. The van der Waals surface area contributed by atoms with Crippen LogP contribution in [0, 0.1) is 0 Å². The van der Waals surface area contributed by atoms with Gasteiger partial charge in [-0.3, -0.25) is 4.79 Å². The number of ether oxygens (including phenoxy) is 2. The van der Waals surface area contributed by atoms with Crippen molar-refractivity contribution in [3.63, 3.8) is 0 Å². The Morgan fingerprint density at radius 3 is 2.65 bits per heavy atom. The van der Waals surface area contributed by atoms with Crippen molar-refractivity contribution in [3.8, 4) is 22.8 Å². The maximum Gasteiger partial charge on any atom is 0.573 e. The van der Waals surface area contributed by atoms with Crippen LogP contribution < -0.4 is 14.8 Å². The van der Waals surface area contributed by atoms with Gasteiger partial charge < -0.3 is 19.3 Å². The molecule has 6 nitrogen and oxygen atoms in total. The van der Waals surface area contributed by atoms with E-state index in [1.54, 1.807) is 31.4 Å². The maximum absolute atomic E-state index is 12.9. The first-order valence-corrected chi connectivity index (χ1v) is 9.54. The van der Waals surface area contributed by atoms with Gasteiger partial charge in [-0.25, -0.2) is 0 Å². The number of rotatable bonds is 7. The van der Waals surface area contributed by atoms with Crippen molar-refractivity contribution in [3.05, 3.63) is 65.9 Å². The normalized spacial score (nSPS) is 14.7. The minimum atomic E-state index is -4.81. The number of carbonyl (C=O) groups is 1. The Labute approximate surface area is 175 Å². The lowest BCUT2D eigenvalue weighted by Crippen LogP contribution is -2.34. The maximum atomic E-state index is 12.9. The molecule has 3 aromatic rings. The number of hydrogen-bond donors (Lipinski definition) is 1. The quantitative estimate of drug-likeness (QED) is 0.591. The molecule has 1 amide bonds. The predicted octanol–water partition coefficient (Wildman–Crippen LogP) is 4.60. The van der Waals surface area contributed by atoms with Crippen molar-refractivity contribution in [2.24, 2.45) is 0 Å². The average molecular weight is 432 g/mol. The van der Waals surface area contributed by atoms with Crippen LogP contribution >= 0.6 is 0 Å². The molecule has 0 bridgehead atoms. The van der Waals surface area contributed by atoms with E-state index in [0.29, 0.717) is 30.0 Å². The smallest absolute Gasteiger partial charge is 0.497 e. The van der Waals surface area contributed by atoms with Crippen LogP contribution in [-0.4, -0.2) is 24.5 Å². The molecule has 0 radical (unpaired) electrons. The molecule has 0 unspecified atom stereocenters. The van der Waals surface area contributed by atoms with Crippen LogP contribution in [0.1, 0.15) is 24.1 Å². The number of nitrogens with one attached hydrogen (secondary N) is 1. The van der Waals surface area contributed by atoms with Gasteiger partial charge in [0.1, 0.15) is 11.5 Å². The number of benzene rings is 2. The summed E-state index contributed by atoms with van der Waals surface area (Å²) >= 11 is 0. The van der Waals surface area contributed by atoms with E-state index >= 15 is 0 Å². The molecular weight excluding hydrogens is 413 g/mol. The molecule has 1 aliphatic carbocycles. The summed E-state index contributed by atoms with van der Waals surface area (Å²) in [5.41, 5.74) is 0.622. The van der Waals surface area contributed by atoms with Crippen molar-refractivity contribution in [2.75, 3.05) is 7.11 Å². The first-order valence-electron chi connectivity index (χ1n) is 9.54. The van der Waals surface area contributed by atoms with Crippen LogP contribution in [0.15, 0.2) is 59.1 Å². The van der Waals surface area contributed by atoms with Crippen molar-refractivity contribution >= 4 is 5.91 Å². The molecule has 1 aliphatic rings. The fraction of sp³-hybridized carbons (Fsp3) is 0.273. The summed E-state index contributed by atoms with van der Waals surface area (Å²) in [5, 5.41) is 6.78. The topological polar surface area (TPSA) is 73.6 Å². The number of hydrogen-bond acceptors (Lipinski definition) is 5. The van der Waals surface area contributed by atoms with Gasteiger partial charge in [0.2, 0.25) is 5.91 Å². The van der Waals surface area contributed by atoms with Gasteiger partial charge in [0, 0.05) is 23.7 Å². The van der Waals surface area contributed by atoms with Crippen LogP contribution in [-0.2, 0) is 16.8 Å². The highest BCUT2D eigenvalue weighted by Crippen LogP contribution is 2.48. The molecule has 1 fully saturated rings. The molecule has 0 saturated heterocycles. The summed E-state index contributed by atoms with van der Waals surface area (Å²) in [7, 11) is 1.56. The number of para-hydroxylation sites is 1. The molecule has 162 valence electrons. The van der Waals surface area contributed by atoms with Crippen LogP contribution in [0.5, 0.6) is 11.5 Å². The van der Waals surface area contributed by atoms with Crippen LogP contribution in [0.2, 0.25) is 0 Å². The Morgan fingerprint density at radius 1 is 1.16 bits per heavy atom. The van der Waals surface area contributed by atoms with Gasteiger partial charge in [0.15, 0.2) is 5.76 Å². The molecule has 1 heterocycles. The second-order valence-corrected chi connectivity index (χ2v) is 7.23. The highest BCUT2D eigenvalue weighted by Gasteiger charge is 2.53. The summed E-state index contributed by atoms with van der Waals surface area (Å²) in [6.07, 6.45) is -3.66. The van der Waals surface area contributed by atoms with Crippen molar-refractivity contribution in [1.29, 1.82) is 0 Å². The lowest BCUT2D eigenvalue weighted by molar-refractivity contribution is -0.274. The Balaban J connectivity index is 1.47. The molecule has 4 rings (SSSR count). The predicted molar refractivity (Wildman–Crippen MR) is 104 cm³/mol. The third kappa shape index (κ3) is 4.50. The summed E-state index contributed by atoms with van der Waals surface area (Å²) in [5.74, 6) is 0.493. The van der Waals surface area contributed by atoms with E-state index in [-0.39, 0.29) is 23.8 Å². The van der Waals surface area contributed by atoms with Crippen LogP contribution in [0.25, 0.3) is 11.3 Å². The van der Waals surface area contributed by atoms with Crippen LogP contribution in [0.4, 0.5) is 13.2 Å². The molecule has 1 saturated carbocycles. The fourth-order valence-corrected chi connectivity index (χ4v) is 3.36. The standard InChI is InChI=1S/C22H19F3N2O4/c1-29-16-7-4-6-14(11-16)18-12-19(27-31-18)21(9-10-21)20(28)26-13-15-5-2-3-8-17(15)30-22(23,24)25/h2-8,11-12H,9-10,13H2,1H3,(H,26,28). The Hall–Kier alpha value is -3.49. The minimum Gasteiger partial charge on any atom is -0.497 e. The van der Waals surface area contributed by atoms with E-state index in [9.17, 15) is 18.0 Å². The highest BCUT2D eigenvalue weighted by molar-refractivity contribution is 5.91. The number of aromatic nitrogens is 1. The molecule has 2 aromatic carbocycles. The molecular formula is C22H19F3N2O4. The summed E-state index contributed by atoms with van der Waals surface area (Å²) in [4.78, 5) is 12.9. The molecule has 0 atom stereocenters. The number of carbonyl (C=O) groups excluding carboxylic acids is 1. The zero-order valence-corrected chi connectivity index (χ0v) is 16.5. The third-order valence-corrected chi connectivity index (χ3v) is 5.18. The van der Waals surface area contributed by atoms with Crippen molar-refractivity contribution < 1.29 is 32.0 Å². The number of alkyl halides is 3. The number of halogens is 3. The number of methoxy groups -OCH3 is 1. The van der Waals surface area contributed by atoms with Gasteiger partial charge >= 0.3 is 6.36 Å². The first kappa shape index (κ1) is 20.8. The Bertz CT molecular complexity index is 1090. The van der Waals surface area contributed by atoms with E-state index < -0.39 is 11.8 Å². The average Bonchev–Trinajstić information content (AvgIpc) is 3.41. The van der Waals surface area contributed by atoms with Gasteiger partial charge in [-0.05, 0) is 31.0 Å². The first-order chi connectivity index (χ1) is 14.8. The largest absolute Gasteiger partial charge is 0.573 e. The fourth-order valence-electron chi connectivity index (χ4n) is 3.36.